The van der Waals surface area contributed by atoms with Gasteiger partial charge in [-0.05, 0) is 48.0 Å². The van der Waals surface area contributed by atoms with Gasteiger partial charge in [-0.1, -0.05) is 11.6 Å². The molecular weight excluding hydrogens is 318 g/mol. The maximum atomic E-state index is 12.4. The van der Waals surface area contributed by atoms with Gasteiger partial charge in [0.05, 0.1) is 12.2 Å². The summed E-state index contributed by atoms with van der Waals surface area (Å²) in [7, 11) is 1.62. The molecule has 0 saturated heterocycles. The zero-order valence-electron chi connectivity index (χ0n) is 10.7. The van der Waals surface area contributed by atoms with Crippen LogP contribution < -0.4 is 0 Å². The van der Waals surface area contributed by atoms with Crippen LogP contribution in [0.15, 0.2) is 22.7 Å². The van der Waals surface area contributed by atoms with Gasteiger partial charge < -0.3 is 9.64 Å². The second-order valence-electron chi connectivity index (χ2n) is 4.21. The molecule has 1 aromatic rings. The first-order valence-corrected chi connectivity index (χ1v) is 6.89. The fourth-order valence-electron chi connectivity index (χ4n) is 1.60. The predicted molar refractivity (Wildman–Crippen MR) is 77.2 cm³/mol. The number of benzene rings is 1. The van der Waals surface area contributed by atoms with Gasteiger partial charge in [-0.3, -0.25) is 4.79 Å². The summed E-state index contributed by atoms with van der Waals surface area (Å²) in [6, 6.07) is 5.32. The molecule has 18 heavy (non-hydrogen) atoms. The number of amides is 1. The van der Waals surface area contributed by atoms with Crippen molar-refractivity contribution in [3.8, 4) is 0 Å². The minimum Gasteiger partial charge on any atom is -0.383 e. The summed E-state index contributed by atoms with van der Waals surface area (Å²) in [4.78, 5) is 14.2. The molecule has 100 valence electrons. The first kappa shape index (κ1) is 15.5. The molecule has 1 aromatic carbocycles. The Morgan fingerprint density at radius 3 is 2.72 bits per heavy atom. The zero-order chi connectivity index (χ0) is 13.7. The number of halogens is 2. The highest BCUT2D eigenvalue weighted by Gasteiger charge is 2.20. The number of ether oxygens (including phenoxy) is 1. The van der Waals surface area contributed by atoms with E-state index >= 15 is 0 Å². The van der Waals surface area contributed by atoms with E-state index < -0.39 is 0 Å². The van der Waals surface area contributed by atoms with E-state index in [-0.39, 0.29) is 11.9 Å². The third kappa shape index (κ3) is 3.97. The lowest BCUT2D eigenvalue weighted by atomic mass is 10.1. The molecule has 5 heteroatoms. The normalized spacial score (nSPS) is 10.8. The Kier molecular flexibility index (Phi) is 6.12. The third-order valence-electron chi connectivity index (χ3n) is 2.58. The number of methoxy groups -OCH3 is 1. The Labute approximate surface area is 121 Å². The Hall–Kier alpha value is -0.580. The maximum absolute atomic E-state index is 12.4. The van der Waals surface area contributed by atoms with Crippen LogP contribution in [0.25, 0.3) is 0 Å². The second kappa shape index (κ2) is 7.12. The molecule has 0 aromatic heterocycles. The number of nitrogens with zero attached hydrogens (tertiary/aromatic N) is 1. The van der Waals surface area contributed by atoms with Crippen LogP contribution in [0.3, 0.4) is 0 Å². The summed E-state index contributed by atoms with van der Waals surface area (Å²) in [5.41, 5.74) is 0.576. The summed E-state index contributed by atoms with van der Waals surface area (Å²) < 4.78 is 5.78. The van der Waals surface area contributed by atoms with E-state index in [1.165, 1.54) is 0 Å². The molecule has 0 saturated carbocycles. The predicted octanol–water partition coefficient (Wildman–Crippen LogP) is 3.60. The summed E-state index contributed by atoms with van der Waals surface area (Å²) in [6.07, 6.45) is 0. The first-order valence-electron chi connectivity index (χ1n) is 5.72. The Balaban J connectivity index is 2.98. The van der Waals surface area contributed by atoms with Crippen molar-refractivity contribution < 1.29 is 9.53 Å². The molecule has 0 atom stereocenters. The van der Waals surface area contributed by atoms with Crippen LogP contribution in [0.5, 0.6) is 0 Å². The molecule has 0 aliphatic heterocycles. The van der Waals surface area contributed by atoms with Crippen LogP contribution in [0, 0.1) is 0 Å². The SMILES string of the molecule is COCCN(C(=O)c1cc(Cl)ccc1Br)C(C)C. The van der Waals surface area contributed by atoms with Gasteiger partial charge in [0, 0.05) is 29.2 Å². The molecule has 0 heterocycles. The van der Waals surface area contributed by atoms with Gasteiger partial charge in [0.25, 0.3) is 5.91 Å². The van der Waals surface area contributed by atoms with E-state index in [1.807, 2.05) is 13.8 Å². The molecule has 0 bridgehead atoms. The average molecular weight is 335 g/mol. The van der Waals surface area contributed by atoms with Gasteiger partial charge in [0.2, 0.25) is 0 Å². The lowest BCUT2D eigenvalue weighted by Gasteiger charge is -2.27. The maximum Gasteiger partial charge on any atom is 0.255 e. The molecule has 0 radical (unpaired) electrons. The Morgan fingerprint density at radius 1 is 1.50 bits per heavy atom. The number of carbonyl (C=O) groups is 1. The van der Waals surface area contributed by atoms with E-state index in [1.54, 1.807) is 30.2 Å². The van der Waals surface area contributed by atoms with Crippen LogP contribution in [0.1, 0.15) is 24.2 Å². The molecule has 1 rings (SSSR count). The fourth-order valence-corrected chi connectivity index (χ4v) is 2.19. The van der Waals surface area contributed by atoms with Gasteiger partial charge >= 0.3 is 0 Å². The van der Waals surface area contributed by atoms with Gasteiger partial charge in [-0.15, -0.1) is 0 Å². The largest absolute Gasteiger partial charge is 0.383 e. The van der Waals surface area contributed by atoms with Crippen LogP contribution >= 0.6 is 27.5 Å². The van der Waals surface area contributed by atoms with Gasteiger partial charge in [0.15, 0.2) is 0 Å². The standard InChI is InChI=1S/C13H17BrClNO2/c1-9(2)16(6-7-18-3)13(17)11-8-10(15)4-5-12(11)14/h4-5,8-9H,6-7H2,1-3H3. The Morgan fingerprint density at radius 2 is 2.17 bits per heavy atom. The molecule has 1 amide bonds. The van der Waals surface area contributed by atoms with Crippen molar-refractivity contribution in [1.29, 1.82) is 0 Å². The molecular formula is C13H17BrClNO2. The van der Waals surface area contributed by atoms with Crippen molar-refractivity contribution in [2.75, 3.05) is 20.3 Å². The zero-order valence-corrected chi connectivity index (χ0v) is 13.1. The summed E-state index contributed by atoms with van der Waals surface area (Å²) in [5.74, 6) is -0.0450. The molecule has 0 aliphatic rings. The highest BCUT2D eigenvalue weighted by Crippen LogP contribution is 2.23. The molecule has 0 fully saturated rings. The van der Waals surface area contributed by atoms with Crippen molar-refractivity contribution >= 4 is 33.4 Å². The average Bonchev–Trinajstić information content (AvgIpc) is 2.32. The van der Waals surface area contributed by atoms with E-state index in [2.05, 4.69) is 15.9 Å². The van der Waals surface area contributed by atoms with E-state index in [0.29, 0.717) is 23.7 Å². The smallest absolute Gasteiger partial charge is 0.255 e. The lowest BCUT2D eigenvalue weighted by molar-refractivity contribution is 0.0634. The van der Waals surface area contributed by atoms with Crippen molar-refractivity contribution in [2.45, 2.75) is 19.9 Å². The van der Waals surface area contributed by atoms with Crippen LogP contribution in [0.4, 0.5) is 0 Å². The number of carbonyl (C=O) groups excluding carboxylic acids is 1. The number of hydrogen-bond acceptors (Lipinski definition) is 2. The molecule has 0 aliphatic carbocycles. The lowest BCUT2D eigenvalue weighted by Crippen LogP contribution is -2.39. The highest BCUT2D eigenvalue weighted by molar-refractivity contribution is 9.10. The van der Waals surface area contributed by atoms with Crippen molar-refractivity contribution in [3.05, 3.63) is 33.3 Å². The van der Waals surface area contributed by atoms with Crippen molar-refractivity contribution in [2.24, 2.45) is 0 Å². The summed E-state index contributed by atoms with van der Waals surface area (Å²) in [5, 5.41) is 0.553. The van der Waals surface area contributed by atoms with Crippen molar-refractivity contribution in [1.82, 2.24) is 4.90 Å². The number of hydrogen-bond donors (Lipinski definition) is 0. The van der Waals surface area contributed by atoms with Gasteiger partial charge in [-0.2, -0.15) is 0 Å². The monoisotopic (exact) mass is 333 g/mol. The molecule has 0 N–H and O–H groups in total. The minimum absolute atomic E-state index is 0.0450. The first-order chi connectivity index (χ1) is 8.47. The van der Waals surface area contributed by atoms with Crippen LogP contribution in [-0.4, -0.2) is 37.1 Å². The van der Waals surface area contributed by atoms with E-state index in [0.717, 1.165) is 4.47 Å². The van der Waals surface area contributed by atoms with Crippen LogP contribution in [0.2, 0.25) is 5.02 Å². The summed E-state index contributed by atoms with van der Waals surface area (Å²) >= 11 is 9.31. The Bertz CT molecular complexity index is 423. The topological polar surface area (TPSA) is 29.5 Å². The molecule has 0 spiro atoms. The van der Waals surface area contributed by atoms with Gasteiger partial charge in [-0.25, -0.2) is 0 Å². The van der Waals surface area contributed by atoms with Crippen LogP contribution in [-0.2, 0) is 4.74 Å². The van der Waals surface area contributed by atoms with Crippen molar-refractivity contribution in [3.63, 3.8) is 0 Å². The van der Waals surface area contributed by atoms with E-state index in [4.69, 9.17) is 16.3 Å². The molecule has 3 nitrogen and oxygen atoms in total. The number of rotatable bonds is 5. The second-order valence-corrected chi connectivity index (χ2v) is 5.50. The summed E-state index contributed by atoms with van der Waals surface area (Å²) in [6.45, 7) is 5.03. The van der Waals surface area contributed by atoms with E-state index in [9.17, 15) is 4.79 Å². The molecule has 0 unspecified atom stereocenters. The fraction of sp³-hybridized carbons (Fsp3) is 0.462. The highest BCUT2D eigenvalue weighted by atomic mass is 79.9. The minimum atomic E-state index is -0.0450. The quantitative estimate of drug-likeness (QED) is 0.823. The third-order valence-corrected chi connectivity index (χ3v) is 3.51. The van der Waals surface area contributed by atoms with Gasteiger partial charge in [0.1, 0.15) is 0 Å².